The molecule has 124 valence electrons. The summed E-state index contributed by atoms with van der Waals surface area (Å²) < 4.78 is 12.8. The maximum atomic E-state index is 12.8. The number of nitrogens with two attached hydrogens (primary N) is 1. The zero-order chi connectivity index (χ0) is 17.5. The molecule has 24 heavy (non-hydrogen) atoms. The summed E-state index contributed by atoms with van der Waals surface area (Å²) in [4.78, 5) is 34.9. The summed E-state index contributed by atoms with van der Waals surface area (Å²) in [6, 6.07) is 12.0. The third-order valence-corrected chi connectivity index (χ3v) is 3.26. The Hall–Kier alpha value is -3.22. The van der Waals surface area contributed by atoms with Gasteiger partial charge >= 0.3 is 11.8 Å². The monoisotopic (exact) mass is 329 g/mol. The molecule has 0 heterocycles. The number of para-hydroxylation sites is 1. The molecule has 0 fully saturated rings. The number of anilines is 1. The molecule has 0 aliphatic heterocycles. The lowest BCUT2D eigenvalue weighted by molar-refractivity contribution is -0.136. The SMILES string of the molecule is NC(=O)c1ccccc1NC(=O)C(=O)NCCc1ccc(F)cc1. The Balaban J connectivity index is 1.87. The molecule has 0 spiro atoms. The summed E-state index contributed by atoms with van der Waals surface area (Å²) in [7, 11) is 0. The van der Waals surface area contributed by atoms with Crippen molar-refractivity contribution >= 4 is 23.4 Å². The zero-order valence-electron chi connectivity index (χ0n) is 12.7. The molecule has 6 nitrogen and oxygen atoms in total. The van der Waals surface area contributed by atoms with Gasteiger partial charge in [-0.05, 0) is 36.2 Å². The van der Waals surface area contributed by atoms with E-state index in [1.54, 1.807) is 24.3 Å². The van der Waals surface area contributed by atoms with Gasteiger partial charge in [0.15, 0.2) is 0 Å². The summed E-state index contributed by atoms with van der Waals surface area (Å²) in [5.74, 6) is -2.78. The number of hydrogen-bond acceptors (Lipinski definition) is 3. The Bertz CT molecular complexity index is 760. The first kappa shape index (κ1) is 17.1. The highest BCUT2D eigenvalue weighted by Gasteiger charge is 2.16. The van der Waals surface area contributed by atoms with Crippen LogP contribution in [0.1, 0.15) is 15.9 Å². The number of nitrogens with one attached hydrogen (secondary N) is 2. The van der Waals surface area contributed by atoms with Gasteiger partial charge in [-0.15, -0.1) is 0 Å². The molecule has 3 amide bonds. The average Bonchev–Trinajstić information content (AvgIpc) is 2.56. The molecular weight excluding hydrogens is 313 g/mol. The predicted octanol–water partition coefficient (Wildman–Crippen LogP) is 1.22. The molecule has 0 saturated heterocycles. The van der Waals surface area contributed by atoms with Crippen LogP contribution in [0.3, 0.4) is 0 Å². The van der Waals surface area contributed by atoms with E-state index < -0.39 is 17.7 Å². The molecule has 7 heteroatoms. The minimum absolute atomic E-state index is 0.116. The van der Waals surface area contributed by atoms with Crippen LogP contribution < -0.4 is 16.4 Å². The van der Waals surface area contributed by atoms with Crippen molar-refractivity contribution in [2.24, 2.45) is 5.73 Å². The van der Waals surface area contributed by atoms with Crippen molar-refractivity contribution in [3.05, 3.63) is 65.5 Å². The predicted molar refractivity (Wildman–Crippen MR) is 86.7 cm³/mol. The van der Waals surface area contributed by atoms with Crippen LogP contribution in [-0.4, -0.2) is 24.3 Å². The van der Waals surface area contributed by atoms with E-state index in [0.717, 1.165) is 5.56 Å². The maximum absolute atomic E-state index is 12.8. The van der Waals surface area contributed by atoms with E-state index in [1.165, 1.54) is 24.3 Å². The third-order valence-electron chi connectivity index (χ3n) is 3.26. The van der Waals surface area contributed by atoms with E-state index in [-0.39, 0.29) is 23.6 Å². The minimum atomic E-state index is -0.900. The van der Waals surface area contributed by atoms with Gasteiger partial charge in [-0.2, -0.15) is 0 Å². The summed E-state index contributed by atoms with van der Waals surface area (Å²) >= 11 is 0. The average molecular weight is 329 g/mol. The second kappa shape index (κ2) is 7.87. The number of amides is 3. The highest BCUT2D eigenvalue weighted by molar-refractivity contribution is 6.40. The Kier molecular flexibility index (Phi) is 5.62. The van der Waals surface area contributed by atoms with Crippen molar-refractivity contribution in [3.8, 4) is 0 Å². The van der Waals surface area contributed by atoms with Crippen LogP contribution in [0.4, 0.5) is 10.1 Å². The summed E-state index contributed by atoms with van der Waals surface area (Å²) in [6.45, 7) is 0.218. The molecule has 0 bridgehead atoms. The van der Waals surface area contributed by atoms with Crippen LogP contribution in [0.2, 0.25) is 0 Å². The largest absolute Gasteiger partial charge is 0.366 e. The van der Waals surface area contributed by atoms with Gasteiger partial charge in [0.25, 0.3) is 5.91 Å². The van der Waals surface area contributed by atoms with Crippen molar-refractivity contribution in [2.45, 2.75) is 6.42 Å². The van der Waals surface area contributed by atoms with Gasteiger partial charge in [0.2, 0.25) is 0 Å². The van der Waals surface area contributed by atoms with Gasteiger partial charge in [-0.3, -0.25) is 14.4 Å². The van der Waals surface area contributed by atoms with E-state index in [0.29, 0.717) is 6.42 Å². The Labute approximate surface area is 137 Å². The number of primary amides is 1. The van der Waals surface area contributed by atoms with E-state index in [9.17, 15) is 18.8 Å². The number of hydrogen-bond donors (Lipinski definition) is 3. The number of benzene rings is 2. The van der Waals surface area contributed by atoms with Crippen molar-refractivity contribution in [3.63, 3.8) is 0 Å². The van der Waals surface area contributed by atoms with E-state index in [1.807, 2.05) is 0 Å². The molecule has 0 radical (unpaired) electrons. The molecule has 2 aromatic carbocycles. The molecular formula is C17H16FN3O3. The molecule has 0 saturated carbocycles. The second-order valence-electron chi connectivity index (χ2n) is 5.00. The molecule has 2 rings (SSSR count). The Morgan fingerprint density at radius 2 is 1.62 bits per heavy atom. The van der Waals surface area contributed by atoms with E-state index in [2.05, 4.69) is 10.6 Å². The first-order valence-electron chi connectivity index (χ1n) is 7.20. The van der Waals surface area contributed by atoms with Gasteiger partial charge in [0.05, 0.1) is 11.3 Å². The van der Waals surface area contributed by atoms with Crippen molar-refractivity contribution in [1.82, 2.24) is 5.32 Å². The Morgan fingerprint density at radius 1 is 0.958 bits per heavy atom. The molecule has 0 unspecified atom stereocenters. The fourth-order valence-corrected chi connectivity index (χ4v) is 2.04. The standard InChI is InChI=1S/C17H16FN3O3/c18-12-7-5-11(6-8-12)9-10-20-16(23)17(24)21-14-4-2-1-3-13(14)15(19)22/h1-8H,9-10H2,(H2,19,22)(H,20,23)(H,21,24). The molecule has 2 aromatic rings. The molecule has 0 aliphatic carbocycles. The fraction of sp³-hybridized carbons (Fsp3) is 0.118. The van der Waals surface area contributed by atoms with Crippen LogP contribution >= 0.6 is 0 Å². The highest BCUT2D eigenvalue weighted by Crippen LogP contribution is 2.13. The normalized spacial score (nSPS) is 10.0. The van der Waals surface area contributed by atoms with E-state index >= 15 is 0 Å². The topological polar surface area (TPSA) is 101 Å². The van der Waals surface area contributed by atoms with E-state index in [4.69, 9.17) is 5.73 Å². The first-order chi connectivity index (χ1) is 11.5. The molecule has 4 N–H and O–H groups in total. The van der Waals surface area contributed by atoms with Crippen LogP contribution in [0.25, 0.3) is 0 Å². The van der Waals surface area contributed by atoms with Gasteiger partial charge in [0.1, 0.15) is 5.82 Å². The Morgan fingerprint density at radius 3 is 2.29 bits per heavy atom. The van der Waals surface area contributed by atoms with Crippen LogP contribution in [-0.2, 0) is 16.0 Å². The lowest BCUT2D eigenvalue weighted by atomic mass is 10.1. The van der Waals surface area contributed by atoms with Crippen molar-refractivity contribution in [2.75, 3.05) is 11.9 Å². The van der Waals surface area contributed by atoms with Gasteiger partial charge in [0, 0.05) is 6.54 Å². The number of rotatable bonds is 5. The quantitative estimate of drug-likeness (QED) is 0.719. The lowest BCUT2D eigenvalue weighted by Gasteiger charge is -2.09. The fourth-order valence-electron chi connectivity index (χ4n) is 2.04. The highest BCUT2D eigenvalue weighted by atomic mass is 19.1. The number of halogens is 1. The van der Waals surface area contributed by atoms with Gasteiger partial charge < -0.3 is 16.4 Å². The molecule has 0 atom stereocenters. The first-order valence-corrected chi connectivity index (χ1v) is 7.20. The number of carbonyl (C=O) groups is 3. The third kappa shape index (κ3) is 4.64. The zero-order valence-corrected chi connectivity index (χ0v) is 12.7. The van der Waals surface area contributed by atoms with Crippen LogP contribution in [0, 0.1) is 5.82 Å². The van der Waals surface area contributed by atoms with Crippen molar-refractivity contribution < 1.29 is 18.8 Å². The minimum Gasteiger partial charge on any atom is -0.366 e. The smallest absolute Gasteiger partial charge is 0.313 e. The summed E-state index contributed by atoms with van der Waals surface area (Å²) in [6.07, 6.45) is 0.456. The van der Waals surface area contributed by atoms with Gasteiger partial charge in [-0.25, -0.2) is 4.39 Å². The summed E-state index contributed by atoms with van der Waals surface area (Å²) in [5, 5.41) is 4.80. The maximum Gasteiger partial charge on any atom is 0.313 e. The lowest BCUT2D eigenvalue weighted by Crippen LogP contribution is -2.36. The second-order valence-corrected chi connectivity index (χ2v) is 5.00. The molecule has 0 aromatic heterocycles. The molecule has 0 aliphatic rings. The summed E-state index contributed by atoms with van der Waals surface area (Å²) in [5.41, 5.74) is 6.32. The number of carbonyl (C=O) groups excluding carboxylic acids is 3. The van der Waals surface area contributed by atoms with Gasteiger partial charge in [-0.1, -0.05) is 24.3 Å². The van der Waals surface area contributed by atoms with Crippen LogP contribution in [0.15, 0.2) is 48.5 Å². The van der Waals surface area contributed by atoms with Crippen molar-refractivity contribution in [1.29, 1.82) is 0 Å². The van der Waals surface area contributed by atoms with Crippen LogP contribution in [0.5, 0.6) is 0 Å².